The number of halogens is 2. The Morgan fingerprint density at radius 1 is 1.00 bits per heavy atom. The highest BCUT2D eigenvalue weighted by molar-refractivity contribution is 6.02. The van der Waals surface area contributed by atoms with Crippen molar-refractivity contribution >= 4 is 18.2 Å². The number of nitrogens with zero attached hydrogens (tertiary/aromatic N) is 3. The van der Waals surface area contributed by atoms with Crippen LogP contribution in [0.25, 0.3) is 11.1 Å². The summed E-state index contributed by atoms with van der Waals surface area (Å²) >= 11 is 0. The van der Waals surface area contributed by atoms with Gasteiger partial charge < -0.3 is 0 Å². The number of aryl methyl sites for hydroxylation is 2. The molecule has 2 aromatic carbocycles. The fourth-order valence-corrected chi connectivity index (χ4v) is 2.58. The minimum Gasteiger partial charge on any atom is -0.261 e. The molecule has 1 heterocycles. The molecule has 26 heavy (non-hydrogen) atoms. The van der Waals surface area contributed by atoms with Gasteiger partial charge in [0.25, 0.3) is 0 Å². The summed E-state index contributed by atoms with van der Waals surface area (Å²) < 4.78 is 27.1. The first-order chi connectivity index (χ1) is 12.5. The van der Waals surface area contributed by atoms with Crippen molar-refractivity contribution in [1.82, 2.24) is 4.98 Å². The van der Waals surface area contributed by atoms with E-state index >= 15 is 0 Å². The zero-order valence-electron chi connectivity index (χ0n) is 14.5. The summed E-state index contributed by atoms with van der Waals surface area (Å²) in [6, 6.07) is 12.6. The maximum Gasteiger partial charge on any atom is 0.160 e. The Kier molecular flexibility index (Phi) is 4.98. The van der Waals surface area contributed by atoms with Crippen LogP contribution in [0.2, 0.25) is 0 Å². The Labute approximate surface area is 150 Å². The monoisotopic (exact) mass is 349 g/mol. The first-order valence-electron chi connectivity index (χ1n) is 8.02. The van der Waals surface area contributed by atoms with E-state index in [1.165, 1.54) is 12.1 Å². The van der Waals surface area contributed by atoms with Gasteiger partial charge in [0.15, 0.2) is 5.84 Å². The van der Waals surface area contributed by atoms with Gasteiger partial charge >= 0.3 is 0 Å². The quantitative estimate of drug-likeness (QED) is 0.459. The molecule has 0 atom stereocenters. The highest BCUT2D eigenvalue weighted by Gasteiger charge is 2.09. The lowest BCUT2D eigenvalue weighted by Gasteiger charge is -2.08. The number of aliphatic imine (C=N–C) groups is 2. The zero-order chi connectivity index (χ0) is 18.7. The van der Waals surface area contributed by atoms with E-state index in [0.29, 0.717) is 22.6 Å². The Bertz CT molecular complexity index is 993. The van der Waals surface area contributed by atoms with Crippen molar-refractivity contribution in [2.45, 2.75) is 13.8 Å². The molecule has 0 bridgehead atoms. The van der Waals surface area contributed by atoms with Crippen molar-refractivity contribution in [3.63, 3.8) is 0 Å². The fourth-order valence-electron chi connectivity index (χ4n) is 2.58. The topological polar surface area (TPSA) is 37.6 Å². The van der Waals surface area contributed by atoms with Gasteiger partial charge in [-0.25, -0.2) is 18.8 Å². The number of amidine groups is 1. The van der Waals surface area contributed by atoms with Gasteiger partial charge in [0, 0.05) is 29.1 Å². The highest BCUT2D eigenvalue weighted by atomic mass is 19.1. The van der Waals surface area contributed by atoms with E-state index in [4.69, 9.17) is 0 Å². The van der Waals surface area contributed by atoms with Crippen LogP contribution >= 0.6 is 0 Å². The van der Waals surface area contributed by atoms with Crippen molar-refractivity contribution in [3.8, 4) is 11.1 Å². The van der Waals surface area contributed by atoms with Crippen LogP contribution in [0.4, 0.5) is 14.5 Å². The summed E-state index contributed by atoms with van der Waals surface area (Å²) in [7, 11) is 0. The molecule has 1 aromatic heterocycles. The van der Waals surface area contributed by atoms with E-state index in [2.05, 4.69) is 21.7 Å². The second-order valence-corrected chi connectivity index (χ2v) is 5.91. The summed E-state index contributed by atoms with van der Waals surface area (Å²) in [4.78, 5) is 12.8. The second-order valence-electron chi connectivity index (χ2n) is 5.91. The normalized spacial score (nSPS) is 11.5. The van der Waals surface area contributed by atoms with Crippen LogP contribution in [0.1, 0.15) is 16.8 Å². The molecule has 3 nitrogen and oxygen atoms in total. The van der Waals surface area contributed by atoms with Crippen molar-refractivity contribution in [1.29, 1.82) is 0 Å². The van der Waals surface area contributed by atoms with E-state index in [9.17, 15) is 8.78 Å². The largest absolute Gasteiger partial charge is 0.261 e. The van der Waals surface area contributed by atoms with Gasteiger partial charge in [0.05, 0.1) is 5.69 Å². The molecule has 3 aromatic rings. The smallest absolute Gasteiger partial charge is 0.160 e. The summed E-state index contributed by atoms with van der Waals surface area (Å²) in [5.41, 5.74) is 4.20. The molecule has 0 aliphatic carbocycles. The van der Waals surface area contributed by atoms with E-state index in [1.807, 2.05) is 32.0 Å². The molecule has 5 heteroatoms. The van der Waals surface area contributed by atoms with Gasteiger partial charge in [-0.2, -0.15) is 0 Å². The van der Waals surface area contributed by atoms with Crippen LogP contribution in [0, 0.1) is 25.5 Å². The van der Waals surface area contributed by atoms with E-state index in [-0.39, 0.29) is 0 Å². The maximum absolute atomic E-state index is 14.0. The summed E-state index contributed by atoms with van der Waals surface area (Å²) in [5.74, 6) is -0.737. The van der Waals surface area contributed by atoms with Crippen molar-refractivity contribution < 1.29 is 8.78 Å². The number of benzene rings is 2. The number of aromatic nitrogens is 1. The molecule has 0 saturated heterocycles. The molecule has 3 rings (SSSR count). The predicted molar refractivity (Wildman–Crippen MR) is 101 cm³/mol. The zero-order valence-corrected chi connectivity index (χ0v) is 14.5. The van der Waals surface area contributed by atoms with Gasteiger partial charge in [-0.3, -0.25) is 4.98 Å². The highest BCUT2D eigenvalue weighted by Crippen LogP contribution is 2.29. The van der Waals surface area contributed by atoms with Crippen LogP contribution in [-0.4, -0.2) is 17.5 Å². The second kappa shape index (κ2) is 7.35. The lowest BCUT2D eigenvalue weighted by molar-refractivity contribution is 0.585. The van der Waals surface area contributed by atoms with Gasteiger partial charge in [0.1, 0.15) is 11.6 Å². The Hall–Kier alpha value is -3.21. The standard InChI is InChI=1S/C21H17F2N3/c1-13-10-15(18-8-7-17(22)11-19(18)23)6-9-20(13)26-21(24-3)16-5-4-14(2)25-12-16/h4-12H,3H2,1-2H3. The van der Waals surface area contributed by atoms with Crippen LogP contribution in [0.3, 0.4) is 0 Å². The molecule has 0 radical (unpaired) electrons. The van der Waals surface area contributed by atoms with Crippen LogP contribution in [0.15, 0.2) is 64.7 Å². The minimum atomic E-state index is -0.599. The van der Waals surface area contributed by atoms with E-state index in [1.54, 1.807) is 18.3 Å². The number of pyridine rings is 1. The first kappa shape index (κ1) is 17.6. The number of hydrogen-bond donors (Lipinski definition) is 0. The number of rotatable bonds is 3. The lowest BCUT2D eigenvalue weighted by atomic mass is 10.0. The summed E-state index contributed by atoms with van der Waals surface area (Å²) in [5, 5.41) is 0. The Morgan fingerprint density at radius 2 is 1.81 bits per heavy atom. The average Bonchev–Trinajstić information content (AvgIpc) is 2.62. The van der Waals surface area contributed by atoms with Crippen molar-refractivity contribution in [3.05, 3.63) is 83.2 Å². The predicted octanol–water partition coefficient (Wildman–Crippen LogP) is 5.42. The van der Waals surface area contributed by atoms with Gasteiger partial charge in [0.2, 0.25) is 0 Å². The Morgan fingerprint density at radius 3 is 2.42 bits per heavy atom. The third-order valence-electron chi connectivity index (χ3n) is 3.98. The third-order valence-corrected chi connectivity index (χ3v) is 3.98. The average molecular weight is 349 g/mol. The summed E-state index contributed by atoms with van der Waals surface area (Å²) in [6.45, 7) is 7.35. The fraction of sp³-hybridized carbons (Fsp3) is 0.0952. The first-order valence-corrected chi connectivity index (χ1v) is 8.02. The lowest BCUT2D eigenvalue weighted by Crippen LogP contribution is -1.98. The molecule has 0 fully saturated rings. The maximum atomic E-state index is 14.0. The van der Waals surface area contributed by atoms with Gasteiger partial charge in [-0.05, 0) is 68.1 Å². The van der Waals surface area contributed by atoms with Crippen LogP contribution in [0.5, 0.6) is 0 Å². The molecule has 0 aliphatic heterocycles. The van der Waals surface area contributed by atoms with Gasteiger partial charge in [-0.1, -0.05) is 6.07 Å². The summed E-state index contributed by atoms with van der Waals surface area (Å²) in [6.07, 6.45) is 1.69. The van der Waals surface area contributed by atoms with E-state index < -0.39 is 11.6 Å². The molecule has 0 unspecified atom stereocenters. The van der Waals surface area contributed by atoms with Gasteiger partial charge in [-0.15, -0.1) is 0 Å². The molecule has 0 aliphatic rings. The van der Waals surface area contributed by atoms with Crippen molar-refractivity contribution in [2.24, 2.45) is 9.98 Å². The van der Waals surface area contributed by atoms with Crippen LogP contribution in [-0.2, 0) is 0 Å². The van der Waals surface area contributed by atoms with Crippen LogP contribution < -0.4 is 0 Å². The molecule has 0 N–H and O–H groups in total. The molecular weight excluding hydrogens is 332 g/mol. The number of hydrogen-bond acceptors (Lipinski definition) is 2. The minimum absolute atomic E-state index is 0.342. The Balaban J connectivity index is 1.98. The molecule has 0 spiro atoms. The molecule has 0 amide bonds. The molecular formula is C21H17F2N3. The SMILES string of the molecule is C=NC(=Nc1ccc(-c2ccc(F)cc2F)cc1C)c1ccc(C)nc1. The van der Waals surface area contributed by atoms with E-state index in [0.717, 1.165) is 22.9 Å². The third kappa shape index (κ3) is 3.72. The molecule has 0 saturated carbocycles. The molecule has 130 valence electrons. The van der Waals surface area contributed by atoms with Crippen molar-refractivity contribution in [2.75, 3.05) is 0 Å².